The lowest BCUT2D eigenvalue weighted by Gasteiger charge is -2.28. The lowest BCUT2D eigenvalue weighted by molar-refractivity contribution is 0.107. The molecule has 1 aromatic carbocycles. The zero-order valence-electron chi connectivity index (χ0n) is 11.5. The molecule has 0 fully saturated rings. The van der Waals surface area contributed by atoms with E-state index in [4.69, 9.17) is 9.84 Å². The van der Waals surface area contributed by atoms with Gasteiger partial charge in [0, 0.05) is 25.6 Å². The van der Waals surface area contributed by atoms with Crippen molar-refractivity contribution in [2.75, 3.05) is 19.7 Å². The Bertz CT molecular complexity index is 403. The maximum Gasteiger partial charge on any atom is 0.123 e. The monoisotopic (exact) mass is 249 g/mol. The van der Waals surface area contributed by atoms with E-state index in [0.29, 0.717) is 12.6 Å². The van der Waals surface area contributed by atoms with E-state index in [1.54, 1.807) is 0 Å². The average Bonchev–Trinajstić information content (AvgIpc) is 2.69. The summed E-state index contributed by atoms with van der Waals surface area (Å²) in [5.74, 6) is 1.03. The third-order valence-electron chi connectivity index (χ3n) is 3.51. The predicted octanol–water partition coefficient (Wildman–Crippen LogP) is 2.00. The van der Waals surface area contributed by atoms with Crippen molar-refractivity contribution >= 4 is 0 Å². The fraction of sp³-hybridized carbons (Fsp3) is 0.600. The van der Waals surface area contributed by atoms with E-state index >= 15 is 0 Å². The predicted molar refractivity (Wildman–Crippen MR) is 73.1 cm³/mol. The van der Waals surface area contributed by atoms with E-state index in [-0.39, 0.29) is 12.7 Å². The number of aliphatic hydroxyl groups excluding tert-OH is 1. The van der Waals surface area contributed by atoms with Crippen LogP contribution in [0.5, 0.6) is 5.75 Å². The molecular formula is C15H23NO2. The number of hydrogen-bond donors (Lipinski definition) is 1. The Balaban J connectivity index is 1.98. The van der Waals surface area contributed by atoms with Gasteiger partial charge >= 0.3 is 0 Å². The second-order valence-corrected chi connectivity index (χ2v) is 5.37. The second-order valence-electron chi connectivity index (χ2n) is 5.37. The van der Waals surface area contributed by atoms with Crippen molar-refractivity contribution in [1.82, 2.24) is 4.90 Å². The minimum atomic E-state index is 0.205. The molecule has 1 aromatic rings. The van der Waals surface area contributed by atoms with Crippen molar-refractivity contribution in [3.63, 3.8) is 0 Å². The summed E-state index contributed by atoms with van der Waals surface area (Å²) >= 11 is 0. The van der Waals surface area contributed by atoms with Gasteiger partial charge in [-0.1, -0.05) is 17.7 Å². The van der Waals surface area contributed by atoms with Gasteiger partial charge in [-0.2, -0.15) is 0 Å². The highest BCUT2D eigenvalue weighted by molar-refractivity contribution is 5.40. The highest BCUT2D eigenvalue weighted by Gasteiger charge is 2.25. The summed E-state index contributed by atoms with van der Waals surface area (Å²) in [6, 6.07) is 6.80. The van der Waals surface area contributed by atoms with Crippen LogP contribution in [0, 0.1) is 6.92 Å². The van der Waals surface area contributed by atoms with Crippen LogP contribution in [-0.2, 0) is 6.42 Å². The summed E-state index contributed by atoms with van der Waals surface area (Å²) in [4.78, 5) is 2.27. The molecule has 18 heavy (non-hydrogen) atoms. The standard InChI is InChI=1S/C15H23NO2/c1-11(2)16(6-7-17)10-14-9-13-8-12(3)4-5-15(13)18-14/h4-5,8,11,14,17H,6-7,9-10H2,1-3H3. The molecular weight excluding hydrogens is 226 g/mol. The zero-order valence-corrected chi connectivity index (χ0v) is 11.5. The molecule has 0 amide bonds. The lowest BCUT2D eigenvalue weighted by atomic mass is 10.1. The van der Waals surface area contributed by atoms with Crippen molar-refractivity contribution in [2.45, 2.75) is 39.3 Å². The van der Waals surface area contributed by atoms with Crippen LogP contribution in [-0.4, -0.2) is 41.8 Å². The first kappa shape index (κ1) is 13.4. The minimum absolute atomic E-state index is 0.205. The van der Waals surface area contributed by atoms with Gasteiger partial charge in [0.05, 0.1) is 6.61 Å². The number of rotatable bonds is 5. The molecule has 3 heteroatoms. The number of aryl methyl sites for hydroxylation is 1. The molecule has 0 saturated heterocycles. The summed E-state index contributed by atoms with van der Waals surface area (Å²) in [5.41, 5.74) is 2.60. The van der Waals surface area contributed by atoms with E-state index in [1.165, 1.54) is 11.1 Å². The average molecular weight is 249 g/mol. The number of fused-ring (bicyclic) bond motifs is 1. The second kappa shape index (κ2) is 5.72. The fourth-order valence-electron chi connectivity index (χ4n) is 2.50. The Labute approximate surface area is 109 Å². The van der Waals surface area contributed by atoms with E-state index in [2.05, 4.69) is 43.9 Å². The smallest absolute Gasteiger partial charge is 0.123 e. The third kappa shape index (κ3) is 3.03. The molecule has 1 N–H and O–H groups in total. The highest BCUT2D eigenvalue weighted by Crippen LogP contribution is 2.29. The van der Waals surface area contributed by atoms with Gasteiger partial charge in [0.25, 0.3) is 0 Å². The lowest BCUT2D eigenvalue weighted by Crippen LogP contribution is -2.40. The molecule has 0 saturated carbocycles. The van der Waals surface area contributed by atoms with Crippen molar-refractivity contribution in [1.29, 1.82) is 0 Å². The van der Waals surface area contributed by atoms with Gasteiger partial charge in [-0.25, -0.2) is 0 Å². The zero-order chi connectivity index (χ0) is 13.1. The van der Waals surface area contributed by atoms with Crippen LogP contribution >= 0.6 is 0 Å². The van der Waals surface area contributed by atoms with E-state index in [1.807, 2.05) is 0 Å². The Kier molecular flexibility index (Phi) is 4.25. The Hall–Kier alpha value is -1.06. The molecule has 100 valence electrons. The maximum atomic E-state index is 9.09. The number of ether oxygens (including phenoxy) is 1. The largest absolute Gasteiger partial charge is 0.488 e. The molecule has 1 aliphatic heterocycles. The topological polar surface area (TPSA) is 32.7 Å². The van der Waals surface area contributed by atoms with Gasteiger partial charge in [0.1, 0.15) is 11.9 Å². The van der Waals surface area contributed by atoms with E-state index < -0.39 is 0 Å². The summed E-state index contributed by atoms with van der Waals surface area (Å²) in [5, 5.41) is 9.09. The van der Waals surface area contributed by atoms with Gasteiger partial charge < -0.3 is 9.84 Å². The summed E-state index contributed by atoms with van der Waals surface area (Å²) in [6.45, 7) is 8.22. The molecule has 0 aliphatic carbocycles. The first-order chi connectivity index (χ1) is 8.60. The van der Waals surface area contributed by atoms with Crippen molar-refractivity contribution < 1.29 is 9.84 Å². The first-order valence-corrected chi connectivity index (χ1v) is 6.71. The van der Waals surface area contributed by atoms with Gasteiger partial charge in [-0.15, -0.1) is 0 Å². The van der Waals surface area contributed by atoms with Crippen LogP contribution in [0.4, 0.5) is 0 Å². The quantitative estimate of drug-likeness (QED) is 0.866. The maximum absolute atomic E-state index is 9.09. The molecule has 1 heterocycles. The van der Waals surface area contributed by atoms with Crippen LogP contribution in [0.25, 0.3) is 0 Å². The Morgan fingerprint density at radius 2 is 2.22 bits per heavy atom. The summed E-state index contributed by atoms with van der Waals surface area (Å²) in [7, 11) is 0. The van der Waals surface area contributed by atoms with Crippen molar-refractivity contribution in [3.8, 4) is 5.75 Å². The normalized spacial score (nSPS) is 18.2. The van der Waals surface area contributed by atoms with E-state index in [9.17, 15) is 0 Å². The molecule has 0 bridgehead atoms. The van der Waals surface area contributed by atoms with Crippen molar-refractivity contribution in [2.24, 2.45) is 0 Å². The summed E-state index contributed by atoms with van der Waals surface area (Å²) < 4.78 is 5.97. The minimum Gasteiger partial charge on any atom is -0.488 e. The molecule has 2 rings (SSSR count). The number of aliphatic hydroxyl groups is 1. The van der Waals surface area contributed by atoms with Gasteiger partial charge in [-0.3, -0.25) is 4.90 Å². The molecule has 3 nitrogen and oxygen atoms in total. The van der Waals surface area contributed by atoms with Gasteiger partial charge in [-0.05, 0) is 32.4 Å². The first-order valence-electron chi connectivity index (χ1n) is 6.71. The molecule has 0 aromatic heterocycles. The number of nitrogens with zero attached hydrogens (tertiary/aromatic N) is 1. The molecule has 1 unspecified atom stereocenters. The molecule has 0 radical (unpaired) electrons. The van der Waals surface area contributed by atoms with Crippen LogP contribution in [0.2, 0.25) is 0 Å². The number of benzene rings is 1. The van der Waals surface area contributed by atoms with Crippen LogP contribution in [0.3, 0.4) is 0 Å². The van der Waals surface area contributed by atoms with Gasteiger partial charge in [0.15, 0.2) is 0 Å². The molecule has 0 spiro atoms. The van der Waals surface area contributed by atoms with E-state index in [0.717, 1.165) is 18.7 Å². The molecule has 1 aliphatic rings. The summed E-state index contributed by atoms with van der Waals surface area (Å²) in [6.07, 6.45) is 1.20. The Morgan fingerprint density at radius 3 is 2.89 bits per heavy atom. The Morgan fingerprint density at radius 1 is 1.44 bits per heavy atom. The SMILES string of the molecule is Cc1ccc2c(c1)CC(CN(CCO)C(C)C)O2. The third-order valence-corrected chi connectivity index (χ3v) is 3.51. The van der Waals surface area contributed by atoms with Crippen LogP contribution in [0.15, 0.2) is 18.2 Å². The fourth-order valence-corrected chi connectivity index (χ4v) is 2.50. The van der Waals surface area contributed by atoms with Crippen molar-refractivity contribution in [3.05, 3.63) is 29.3 Å². The number of hydrogen-bond acceptors (Lipinski definition) is 3. The van der Waals surface area contributed by atoms with Crippen LogP contribution in [0.1, 0.15) is 25.0 Å². The van der Waals surface area contributed by atoms with Gasteiger partial charge in [0.2, 0.25) is 0 Å². The molecule has 1 atom stereocenters. The highest BCUT2D eigenvalue weighted by atomic mass is 16.5. The van der Waals surface area contributed by atoms with Crippen LogP contribution < -0.4 is 4.74 Å².